The van der Waals surface area contributed by atoms with Crippen molar-refractivity contribution in [2.45, 2.75) is 26.7 Å². The fourth-order valence-corrected chi connectivity index (χ4v) is 1.62. The maximum Gasteiger partial charge on any atom is 0.273 e. The number of nitro groups is 1. The Kier molecular flexibility index (Phi) is 5.42. The van der Waals surface area contributed by atoms with Crippen LogP contribution >= 0.6 is 0 Å². The average Bonchev–Trinajstić information content (AvgIpc) is 2.39. The Hall–Kier alpha value is -1.78. The van der Waals surface area contributed by atoms with Crippen molar-refractivity contribution in [2.24, 2.45) is 5.92 Å². The minimum Gasteiger partial charge on any atom is -0.493 e. The van der Waals surface area contributed by atoms with Crippen molar-refractivity contribution in [3.63, 3.8) is 0 Å². The van der Waals surface area contributed by atoms with Crippen LogP contribution < -0.4 is 9.47 Å². The number of hydrogen-bond acceptors (Lipinski definition) is 4. The maximum absolute atomic E-state index is 10.6. The molecule has 0 N–H and O–H groups in total. The smallest absolute Gasteiger partial charge is 0.273 e. The number of non-ortho nitro benzene ring substituents is 1. The second-order valence-electron chi connectivity index (χ2n) is 4.09. The molecule has 18 heavy (non-hydrogen) atoms. The number of methoxy groups -OCH3 is 1. The van der Waals surface area contributed by atoms with Gasteiger partial charge in [0.2, 0.25) is 0 Å². The van der Waals surface area contributed by atoms with Crippen molar-refractivity contribution in [3.05, 3.63) is 28.3 Å². The Labute approximate surface area is 107 Å². The quantitative estimate of drug-likeness (QED) is 0.551. The first kappa shape index (κ1) is 14.3. The summed E-state index contributed by atoms with van der Waals surface area (Å²) in [6, 6.07) is 4.38. The van der Waals surface area contributed by atoms with Crippen LogP contribution in [0.3, 0.4) is 0 Å². The second-order valence-corrected chi connectivity index (χ2v) is 4.09. The lowest BCUT2D eigenvalue weighted by molar-refractivity contribution is -0.385. The number of hydrogen-bond donors (Lipinski definition) is 0. The normalized spacial score (nSPS) is 10.4. The molecule has 0 radical (unpaired) electrons. The van der Waals surface area contributed by atoms with Crippen LogP contribution in [0.5, 0.6) is 11.5 Å². The fourth-order valence-electron chi connectivity index (χ4n) is 1.62. The van der Waals surface area contributed by atoms with Crippen LogP contribution in [0.2, 0.25) is 0 Å². The molecule has 1 aromatic carbocycles. The van der Waals surface area contributed by atoms with Gasteiger partial charge in [0.1, 0.15) is 0 Å². The van der Waals surface area contributed by atoms with Crippen molar-refractivity contribution < 1.29 is 14.4 Å². The van der Waals surface area contributed by atoms with Gasteiger partial charge in [0.05, 0.1) is 24.7 Å². The number of nitro benzene ring substituents is 1. The van der Waals surface area contributed by atoms with Crippen molar-refractivity contribution in [2.75, 3.05) is 13.7 Å². The van der Waals surface area contributed by atoms with Gasteiger partial charge < -0.3 is 9.47 Å². The summed E-state index contributed by atoms with van der Waals surface area (Å²) in [5, 5.41) is 10.6. The Bertz CT molecular complexity index is 402. The molecule has 100 valence electrons. The minimum absolute atomic E-state index is 0.00160. The van der Waals surface area contributed by atoms with Gasteiger partial charge >= 0.3 is 0 Å². The van der Waals surface area contributed by atoms with Gasteiger partial charge in [0.15, 0.2) is 11.5 Å². The summed E-state index contributed by atoms with van der Waals surface area (Å²) in [6.07, 6.45) is 2.09. The van der Waals surface area contributed by atoms with E-state index in [4.69, 9.17) is 9.47 Å². The summed E-state index contributed by atoms with van der Waals surface area (Å²) < 4.78 is 10.8. The molecule has 0 aliphatic rings. The van der Waals surface area contributed by atoms with Crippen LogP contribution in [-0.4, -0.2) is 18.6 Å². The molecule has 0 unspecified atom stereocenters. The van der Waals surface area contributed by atoms with E-state index in [1.807, 2.05) is 0 Å². The van der Waals surface area contributed by atoms with E-state index in [1.54, 1.807) is 6.07 Å². The van der Waals surface area contributed by atoms with Crippen molar-refractivity contribution >= 4 is 5.69 Å². The van der Waals surface area contributed by atoms with E-state index in [-0.39, 0.29) is 5.69 Å². The predicted octanol–water partition coefficient (Wildman–Crippen LogP) is 3.42. The molecular weight excluding hydrogens is 234 g/mol. The monoisotopic (exact) mass is 253 g/mol. The van der Waals surface area contributed by atoms with E-state index in [0.717, 1.165) is 12.8 Å². The summed E-state index contributed by atoms with van der Waals surface area (Å²) in [7, 11) is 1.48. The zero-order chi connectivity index (χ0) is 13.5. The number of rotatable bonds is 7. The van der Waals surface area contributed by atoms with Crippen LogP contribution in [0.25, 0.3) is 0 Å². The molecule has 1 aromatic rings. The molecule has 0 aliphatic carbocycles. The summed E-state index contributed by atoms with van der Waals surface area (Å²) in [5.74, 6) is 1.44. The first-order valence-electron chi connectivity index (χ1n) is 6.07. The van der Waals surface area contributed by atoms with Crippen LogP contribution in [0.4, 0.5) is 5.69 Å². The van der Waals surface area contributed by atoms with Gasteiger partial charge in [-0.2, -0.15) is 0 Å². The molecule has 0 heterocycles. The Morgan fingerprint density at radius 2 is 1.94 bits per heavy atom. The maximum atomic E-state index is 10.6. The minimum atomic E-state index is -0.451. The van der Waals surface area contributed by atoms with Crippen molar-refractivity contribution in [3.8, 4) is 11.5 Å². The molecule has 0 saturated carbocycles. The van der Waals surface area contributed by atoms with Gasteiger partial charge in [-0.3, -0.25) is 10.1 Å². The third kappa shape index (κ3) is 3.61. The van der Waals surface area contributed by atoms with Gasteiger partial charge in [-0.05, 0) is 12.0 Å². The molecule has 0 atom stereocenters. The highest BCUT2D eigenvalue weighted by atomic mass is 16.6. The van der Waals surface area contributed by atoms with E-state index in [2.05, 4.69) is 13.8 Å². The van der Waals surface area contributed by atoms with Crippen LogP contribution in [0, 0.1) is 16.0 Å². The average molecular weight is 253 g/mol. The number of benzene rings is 1. The number of nitrogens with zero attached hydrogens (tertiary/aromatic N) is 1. The lowest BCUT2D eigenvalue weighted by Gasteiger charge is -2.15. The van der Waals surface area contributed by atoms with Gasteiger partial charge in [0, 0.05) is 6.07 Å². The zero-order valence-corrected chi connectivity index (χ0v) is 11.0. The van der Waals surface area contributed by atoms with Crippen LogP contribution in [0.15, 0.2) is 18.2 Å². The summed E-state index contributed by atoms with van der Waals surface area (Å²) in [6.45, 7) is 4.83. The lowest BCUT2D eigenvalue weighted by Crippen LogP contribution is -2.10. The molecule has 0 aliphatic heterocycles. The first-order valence-corrected chi connectivity index (χ1v) is 6.07. The molecule has 0 spiro atoms. The Morgan fingerprint density at radius 3 is 2.44 bits per heavy atom. The molecule has 5 nitrogen and oxygen atoms in total. The van der Waals surface area contributed by atoms with Gasteiger partial charge in [-0.25, -0.2) is 0 Å². The lowest BCUT2D eigenvalue weighted by atomic mass is 10.1. The molecular formula is C13H19NO4. The van der Waals surface area contributed by atoms with E-state index in [0.29, 0.717) is 24.0 Å². The molecule has 5 heteroatoms. The highest BCUT2D eigenvalue weighted by Crippen LogP contribution is 2.31. The molecule has 0 saturated heterocycles. The molecule has 0 amide bonds. The largest absolute Gasteiger partial charge is 0.493 e. The van der Waals surface area contributed by atoms with E-state index >= 15 is 0 Å². The van der Waals surface area contributed by atoms with E-state index < -0.39 is 4.92 Å². The topological polar surface area (TPSA) is 61.6 Å². The van der Waals surface area contributed by atoms with Crippen LogP contribution in [0.1, 0.15) is 26.7 Å². The highest BCUT2D eigenvalue weighted by Gasteiger charge is 2.13. The van der Waals surface area contributed by atoms with Crippen molar-refractivity contribution in [1.29, 1.82) is 0 Å². The third-order valence-corrected chi connectivity index (χ3v) is 2.99. The molecule has 0 aromatic heterocycles. The first-order chi connectivity index (χ1) is 8.62. The SMILES string of the molecule is CCC(CC)COc1ccc([N+](=O)[O-])cc1OC. The third-order valence-electron chi connectivity index (χ3n) is 2.99. The summed E-state index contributed by atoms with van der Waals surface area (Å²) >= 11 is 0. The predicted molar refractivity (Wildman–Crippen MR) is 69.2 cm³/mol. The Morgan fingerprint density at radius 1 is 1.28 bits per heavy atom. The second kappa shape index (κ2) is 6.83. The summed E-state index contributed by atoms with van der Waals surface area (Å²) in [4.78, 5) is 10.2. The van der Waals surface area contributed by atoms with E-state index in [1.165, 1.54) is 19.2 Å². The molecule has 0 bridgehead atoms. The number of ether oxygens (including phenoxy) is 2. The Balaban J connectivity index is 2.79. The molecule has 0 fully saturated rings. The summed E-state index contributed by atoms with van der Waals surface area (Å²) in [5.41, 5.74) is 0.00160. The van der Waals surface area contributed by atoms with Gasteiger partial charge in [0.25, 0.3) is 5.69 Å². The fraction of sp³-hybridized carbons (Fsp3) is 0.538. The van der Waals surface area contributed by atoms with Gasteiger partial charge in [-0.1, -0.05) is 26.7 Å². The highest BCUT2D eigenvalue weighted by molar-refractivity contribution is 5.48. The van der Waals surface area contributed by atoms with Crippen LogP contribution in [-0.2, 0) is 0 Å². The van der Waals surface area contributed by atoms with Crippen molar-refractivity contribution in [1.82, 2.24) is 0 Å². The van der Waals surface area contributed by atoms with E-state index in [9.17, 15) is 10.1 Å². The van der Waals surface area contributed by atoms with Gasteiger partial charge in [-0.15, -0.1) is 0 Å². The zero-order valence-electron chi connectivity index (χ0n) is 11.0. The molecule has 1 rings (SSSR count). The standard InChI is InChI=1S/C13H19NO4/c1-4-10(5-2)9-18-12-7-6-11(14(15)16)8-13(12)17-3/h6-8,10H,4-5,9H2,1-3H3.